The minimum absolute atomic E-state index is 0.293. The number of hydrogen-bond donors (Lipinski definition) is 0. The maximum absolute atomic E-state index is 2.33. The highest BCUT2D eigenvalue weighted by Gasteiger charge is 2.01. The lowest BCUT2D eigenvalue weighted by Gasteiger charge is -2.39. The summed E-state index contributed by atoms with van der Waals surface area (Å²) >= 11 is 0. The van der Waals surface area contributed by atoms with Crippen LogP contribution in [-0.4, -0.2) is 65.3 Å². The maximum atomic E-state index is 2.33. The maximum Gasteiger partial charge on any atom is 0.172 e. The first kappa shape index (κ1) is 11.5. The third-order valence-corrected chi connectivity index (χ3v) is 5.37. The molecule has 0 heterocycles. The molecule has 0 aromatic rings. The summed E-state index contributed by atoms with van der Waals surface area (Å²) in [5, 5.41) is 0. The minimum atomic E-state index is 0.293. The first-order valence-corrected chi connectivity index (χ1v) is 6.58. The van der Waals surface area contributed by atoms with Crippen molar-refractivity contribution in [2.75, 3.05) is 42.3 Å². The van der Waals surface area contributed by atoms with E-state index in [0.29, 0.717) is 14.3 Å². The average molecular weight is 176 g/mol. The zero-order valence-electron chi connectivity index (χ0n) is 9.39. The Labute approximate surface area is 74.4 Å². The molecule has 0 unspecified atom stereocenters. The molecule has 68 valence electrons. The first-order valence-electron chi connectivity index (χ1n) is 4.58. The summed E-state index contributed by atoms with van der Waals surface area (Å²) in [6, 6.07) is 0. The van der Waals surface area contributed by atoms with Gasteiger partial charge < -0.3 is 17.1 Å². The quantitative estimate of drug-likeness (QED) is 0.383. The summed E-state index contributed by atoms with van der Waals surface area (Å²) in [5.74, 6) is 0. The molecule has 0 saturated carbocycles. The van der Waals surface area contributed by atoms with Crippen LogP contribution in [0.4, 0.5) is 0 Å². The molecule has 2 nitrogen and oxygen atoms in total. The summed E-state index contributed by atoms with van der Waals surface area (Å²) in [7, 11) is 15.9. The molecule has 0 aliphatic rings. The van der Waals surface area contributed by atoms with Crippen LogP contribution in [0.15, 0.2) is 0 Å². The molecule has 0 N–H and O–H groups in total. The van der Waals surface area contributed by atoms with Gasteiger partial charge in [0.05, 0.1) is 0 Å². The van der Waals surface area contributed by atoms with Crippen LogP contribution in [-0.2, 0) is 0 Å². The molecule has 0 bridgehead atoms. The van der Waals surface area contributed by atoms with E-state index in [0.717, 1.165) is 0 Å². The molecule has 0 spiro atoms. The highest BCUT2D eigenvalue weighted by molar-refractivity contribution is 7.91. The third-order valence-electron chi connectivity index (χ3n) is 1.79. The number of quaternary nitrogens is 2. The van der Waals surface area contributed by atoms with Gasteiger partial charge in [-0.1, -0.05) is 0 Å². The SMILES string of the molecule is C[N+](C)(C)[BH2-]P[BH2-][N+](C)(C)C. The summed E-state index contributed by atoms with van der Waals surface area (Å²) < 4.78 is 2.50. The van der Waals surface area contributed by atoms with Gasteiger partial charge in [0.25, 0.3) is 0 Å². The fourth-order valence-corrected chi connectivity index (χ4v) is 4.32. The zero-order valence-corrected chi connectivity index (χ0v) is 10.4. The number of nitrogens with zero attached hydrogens (tertiary/aromatic N) is 2. The zero-order chi connectivity index (χ0) is 9.12. The molecule has 0 aliphatic heterocycles. The number of rotatable bonds is 4. The van der Waals surface area contributed by atoms with Crippen molar-refractivity contribution in [3.8, 4) is 0 Å². The molecule has 0 fully saturated rings. The van der Waals surface area contributed by atoms with Gasteiger partial charge in [0.1, 0.15) is 0 Å². The van der Waals surface area contributed by atoms with Crippen molar-refractivity contribution in [3.05, 3.63) is 0 Å². The molecule has 0 rings (SSSR count). The van der Waals surface area contributed by atoms with Crippen LogP contribution in [0.25, 0.3) is 0 Å². The van der Waals surface area contributed by atoms with Gasteiger partial charge >= 0.3 is 0 Å². The molecule has 0 aliphatic carbocycles. The Balaban J connectivity index is 3.44. The van der Waals surface area contributed by atoms with E-state index in [1.165, 1.54) is 17.1 Å². The van der Waals surface area contributed by atoms with E-state index in [-0.39, 0.29) is 0 Å². The van der Waals surface area contributed by atoms with Crippen LogP contribution in [0, 0.1) is 0 Å². The van der Waals surface area contributed by atoms with Gasteiger partial charge in [-0.2, -0.15) is 0 Å². The van der Waals surface area contributed by atoms with Crippen LogP contribution in [0.1, 0.15) is 0 Å². The third kappa shape index (κ3) is 10.5. The van der Waals surface area contributed by atoms with Gasteiger partial charge in [0, 0.05) is 42.3 Å². The summed E-state index contributed by atoms with van der Waals surface area (Å²) in [6.45, 7) is 0. The van der Waals surface area contributed by atoms with Gasteiger partial charge in [-0.05, 0) is 0 Å². The van der Waals surface area contributed by atoms with Crippen LogP contribution in [0.5, 0.6) is 0 Å². The molecular weight excluding hydrogens is 153 g/mol. The standard InChI is InChI=1S/C6H23B2N2P/c1-9(2,3)7-11-8-10(4,5)6/h11H,7-8H2,1-6H3. The van der Waals surface area contributed by atoms with Crippen molar-refractivity contribution in [1.82, 2.24) is 0 Å². The van der Waals surface area contributed by atoms with E-state index in [1.54, 1.807) is 0 Å². The van der Waals surface area contributed by atoms with Gasteiger partial charge in [-0.15, -0.1) is 0 Å². The van der Waals surface area contributed by atoms with E-state index >= 15 is 0 Å². The van der Waals surface area contributed by atoms with Crippen molar-refractivity contribution in [1.29, 1.82) is 0 Å². The average Bonchev–Trinajstić information content (AvgIpc) is 1.55. The Kier molecular flexibility index (Phi) is 4.10. The van der Waals surface area contributed by atoms with Crippen LogP contribution in [0.2, 0.25) is 0 Å². The van der Waals surface area contributed by atoms with Crippen LogP contribution < -0.4 is 0 Å². The second kappa shape index (κ2) is 3.93. The van der Waals surface area contributed by atoms with Crippen LogP contribution in [0.3, 0.4) is 0 Å². The van der Waals surface area contributed by atoms with Gasteiger partial charge in [0.15, 0.2) is 14.3 Å². The van der Waals surface area contributed by atoms with Gasteiger partial charge in [0.2, 0.25) is 0 Å². The Morgan fingerprint density at radius 2 is 1.00 bits per heavy atom. The Bertz CT molecular complexity index is 103. The molecule has 0 radical (unpaired) electrons. The normalized spacial score (nSPS) is 13.6. The molecule has 0 aromatic carbocycles. The largest absolute Gasteiger partial charge is 0.526 e. The van der Waals surface area contributed by atoms with Gasteiger partial charge in [-0.25, -0.2) is 0 Å². The smallest absolute Gasteiger partial charge is 0.172 e. The van der Waals surface area contributed by atoms with Gasteiger partial charge in [-0.3, -0.25) is 0 Å². The molecule has 0 atom stereocenters. The van der Waals surface area contributed by atoms with Crippen molar-refractivity contribution in [2.24, 2.45) is 0 Å². The highest BCUT2D eigenvalue weighted by atomic mass is 31.1. The fraction of sp³-hybridized carbons (Fsp3) is 1.00. The Hall–Kier alpha value is 0.480. The van der Waals surface area contributed by atoms with Crippen molar-refractivity contribution >= 4 is 22.6 Å². The Morgan fingerprint density at radius 3 is 1.18 bits per heavy atom. The summed E-state index contributed by atoms with van der Waals surface area (Å²) in [6.07, 6.45) is 0. The number of hydrogen-bond acceptors (Lipinski definition) is 0. The predicted octanol–water partition coefficient (Wildman–Crippen LogP) is -0.925. The minimum Gasteiger partial charge on any atom is -0.526 e. The van der Waals surface area contributed by atoms with Crippen molar-refractivity contribution < 1.29 is 8.79 Å². The predicted molar refractivity (Wildman–Crippen MR) is 61.5 cm³/mol. The summed E-state index contributed by atoms with van der Waals surface area (Å²) in [4.78, 5) is 0. The monoisotopic (exact) mass is 176 g/mol. The molecule has 0 saturated heterocycles. The topological polar surface area (TPSA) is 0 Å². The molecule has 11 heavy (non-hydrogen) atoms. The van der Waals surface area contributed by atoms with E-state index in [1.807, 2.05) is 0 Å². The molecular formula is C6H23B2N2P. The van der Waals surface area contributed by atoms with E-state index in [4.69, 9.17) is 0 Å². The van der Waals surface area contributed by atoms with E-state index in [9.17, 15) is 0 Å². The first-order chi connectivity index (χ1) is 4.71. The highest BCUT2D eigenvalue weighted by Crippen LogP contribution is 2.11. The lowest BCUT2D eigenvalue weighted by Crippen LogP contribution is -2.41. The second-order valence-electron chi connectivity index (χ2n) is 6.31. The van der Waals surface area contributed by atoms with Crippen LogP contribution >= 0.6 is 8.34 Å². The molecule has 5 heteroatoms. The van der Waals surface area contributed by atoms with E-state index < -0.39 is 0 Å². The summed E-state index contributed by atoms with van der Waals surface area (Å²) in [5.41, 5.74) is 0. The van der Waals surface area contributed by atoms with Crippen molar-refractivity contribution in [3.63, 3.8) is 0 Å². The second-order valence-corrected chi connectivity index (χ2v) is 8.21. The lowest BCUT2D eigenvalue weighted by molar-refractivity contribution is -0.754. The fourth-order valence-electron chi connectivity index (χ4n) is 1.44. The molecule has 0 amide bonds. The molecule has 0 aromatic heterocycles. The Morgan fingerprint density at radius 1 is 0.727 bits per heavy atom. The lowest BCUT2D eigenvalue weighted by atomic mass is 10.2. The van der Waals surface area contributed by atoms with E-state index in [2.05, 4.69) is 42.3 Å². The van der Waals surface area contributed by atoms with Crippen molar-refractivity contribution in [2.45, 2.75) is 0 Å².